The molecule has 0 bridgehead atoms. The lowest BCUT2D eigenvalue weighted by Crippen LogP contribution is -2.38. The molecule has 0 saturated carbocycles. The summed E-state index contributed by atoms with van der Waals surface area (Å²) in [6.45, 7) is 0.548. The molecule has 0 radical (unpaired) electrons. The minimum absolute atomic E-state index is 0.327. The van der Waals surface area contributed by atoms with Crippen LogP contribution in [-0.2, 0) is 16.0 Å². The number of carbonyl (C=O) groups is 2. The number of anilines is 1. The van der Waals surface area contributed by atoms with E-state index >= 15 is 0 Å². The Balaban J connectivity index is 2.24. The molecule has 2 rings (SSSR count). The van der Waals surface area contributed by atoms with Crippen LogP contribution in [0.25, 0.3) is 0 Å². The largest absolute Gasteiger partial charge is 0.425 e. The lowest BCUT2D eigenvalue weighted by atomic mass is 10.0. The van der Waals surface area contributed by atoms with Gasteiger partial charge in [0.15, 0.2) is 4.84 Å². The quantitative estimate of drug-likeness (QED) is 0.465. The van der Waals surface area contributed by atoms with E-state index < -0.39 is 15.6 Å². The maximum absolute atomic E-state index is 12.0. The summed E-state index contributed by atoms with van der Waals surface area (Å²) in [6.07, 6.45) is 1.52. The maximum atomic E-state index is 12.0. The van der Waals surface area contributed by atoms with Crippen molar-refractivity contribution >= 4 is 64.0 Å². The number of rotatable bonds is 3. The second-order valence-corrected chi connectivity index (χ2v) is 6.60. The van der Waals surface area contributed by atoms with Crippen molar-refractivity contribution in [3.05, 3.63) is 23.8 Å². The Bertz CT molecular complexity index is 562. The topological polar surface area (TPSA) is 46.6 Å². The van der Waals surface area contributed by atoms with Crippen molar-refractivity contribution in [3.8, 4) is 5.75 Å². The van der Waals surface area contributed by atoms with Crippen LogP contribution in [0.2, 0.25) is 0 Å². The molecule has 0 spiro atoms. The van der Waals surface area contributed by atoms with Crippen LogP contribution in [0.1, 0.15) is 12.0 Å². The summed E-state index contributed by atoms with van der Waals surface area (Å²) in [5.41, 5.74) is 1.58. The summed E-state index contributed by atoms with van der Waals surface area (Å²) >= 11 is 22.1. The average Bonchev–Trinajstić information content (AvgIpc) is 2.45. The van der Waals surface area contributed by atoms with Gasteiger partial charge < -0.3 is 9.64 Å². The summed E-state index contributed by atoms with van der Waals surface area (Å²) in [6, 6.07) is 4.93. The Morgan fingerprint density at radius 1 is 1.14 bits per heavy atom. The van der Waals surface area contributed by atoms with Crippen LogP contribution in [-0.4, -0.2) is 28.1 Å². The number of ether oxygens (including phenoxy) is 1. The number of carbonyl (C=O) groups excluding carboxylic acids is 2. The van der Waals surface area contributed by atoms with Gasteiger partial charge in [-0.3, -0.25) is 4.79 Å². The molecule has 1 aliphatic rings. The van der Waals surface area contributed by atoms with Crippen molar-refractivity contribution in [2.75, 3.05) is 11.4 Å². The molecule has 114 valence electrons. The van der Waals surface area contributed by atoms with E-state index in [9.17, 15) is 9.59 Å². The maximum Gasteiger partial charge on any atom is 0.344 e. The van der Waals surface area contributed by atoms with E-state index in [1.165, 1.54) is 4.90 Å². The molecule has 0 unspecified atom stereocenters. The molecule has 1 aliphatic heterocycles. The Kier molecular flexibility index (Phi) is 5.60. The van der Waals surface area contributed by atoms with Gasteiger partial charge in [0.05, 0.1) is 0 Å². The summed E-state index contributed by atoms with van der Waals surface area (Å²) in [4.78, 5) is 22.5. The molecule has 8 heteroatoms. The molecular weight excluding hydrogens is 360 g/mol. The molecule has 21 heavy (non-hydrogen) atoms. The smallest absolute Gasteiger partial charge is 0.344 e. The number of amides is 1. The number of benzene rings is 1. The van der Waals surface area contributed by atoms with Gasteiger partial charge in [0.25, 0.3) is 5.91 Å². The van der Waals surface area contributed by atoms with E-state index in [1.807, 2.05) is 0 Å². The van der Waals surface area contributed by atoms with Crippen molar-refractivity contribution in [2.24, 2.45) is 0 Å². The average molecular weight is 371 g/mol. The predicted octanol–water partition coefficient (Wildman–Crippen LogP) is 3.48. The number of esters is 1. The third-order valence-corrected chi connectivity index (χ3v) is 3.75. The molecule has 0 aliphatic carbocycles. The zero-order valence-corrected chi connectivity index (χ0v) is 13.7. The first-order valence-corrected chi connectivity index (χ1v) is 7.87. The van der Waals surface area contributed by atoms with E-state index in [4.69, 9.17) is 51.1 Å². The van der Waals surface area contributed by atoms with Crippen molar-refractivity contribution < 1.29 is 14.3 Å². The molecule has 0 fully saturated rings. The van der Waals surface area contributed by atoms with Crippen molar-refractivity contribution in [1.82, 2.24) is 0 Å². The predicted molar refractivity (Wildman–Crippen MR) is 83.7 cm³/mol. The lowest BCUT2D eigenvalue weighted by molar-refractivity contribution is -0.132. The number of alkyl halides is 4. The van der Waals surface area contributed by atoms with E-state index in [0.29, 0.717) is 18.0 Å². The van der Waals surface area contributed by atoms with Gasteiger partial charge in [-0.1, -0.05) is 46.4 Å². The van der Waals surface area contributed by atoms with E-state index in [-0.39, 0.29) is 5.91 Å². The molecule has 0 atom stereocenters. The minimum Gasteiger partial charge on any atom is -0.425 e. The first kappa shape index (κ1) is 16.7. The highest BCUT2D eigenvalue weighted by Crippen LogP contribution is 2.32. The van der Waals surface area contributed by atoms with Crippen molar-refractivity contribution in [1.29, 1.82) is 0 Å². The number of fused-ring (bicyclic) bond motifs is 1. The van der Waals surface area contributed by atoms with Crippen LogP contribution in [0.15, 0.2) is 18.2 Å². The molecular formula is C13H11Cl4NO3. The fraction of sp³-hybridized carbons (Fsp3) is 0.385. The number of hydrogen-bond acceptors (Lipinski definition) is 3. The molecule has 1 aromatic rings. The molecule has 0 saturated heterocycles. The first-order chi connectivity index (χ1) is 9.90. The summed E-state index contributed by atoms with van der Waals surface area (Å²) < 4.78 is 5.03. The van der Waals surface area contributed by atoms with Crippen LogP contribution >= 0.6 is 46.4 Å². The molecule has 4 nitrogen and oxygen atoms in total. The van der Waals surface area contributed by atoms with E-state index in [2.05, 4.69) is 0 Å². The monoisotopic (exact) mass is 369 g/mol. The molecule has 1 aromatic carbocycles. The zero-order chi connectivity index (χ0) is 15.6. The van der Waals surface area contributed by atoms with Gasteiger partial charge in [0, 0.05) is 12.2 Å². The number of hydrogen-bond donors (Lipinski definition) is 0. The number of nitrogens with zero attached hydrogens (tertiary/aromatic N) is 1. The molecule has 0 aromatic heterocycles. The molecule has 1 heterocycles. The zero-order valence-electron chi connectivity index (χ0n) is 10.7. The Morgan fingerprint density at radius 2 is 1.86 bits per heavy atom. The highest BCUT2D eigenvalue weighted by atomic mass is 35.5. The Labute approximate surface area is 141 Å². The third-order valence-electron chi connectivity index (χ3n) is 3.02. The van der Waals surface area contributed by atoms with E-state index in [0.717, 1.165) is 18.4 Å². The highest BCUT2D eigenvalue weighted by molar-refractivity contribution is 6.54. The summed E-state index contributed by atoms with van der Waals surface area (Å²) in [5.74, 6) is -0.790. The van der Waals surface area contributed by atoms with Gasteiger partial charge in [-0.2, -0.15) is 0 Å². The van der Waals surface area contributed by atoms with Gasteiger partial charge in [0.2, 0.25) is 4.84 Å². The Morgan fingerprint density at radius 3 is 2.48 bits per heavy atom. The number of aryl methyl sites for hydroxylation is 1. The molecule has 0 N–H and O–H groups in total. The summed E-state index contributed by atoms with van der Waals surface area (Å²) in [5, 5.41) is 0. The highest BCUT2D eigenvalue weighted by Gasteiger charge is 2.27. The van der Waals surface area contributed by atoms with Gasteiger partial charge in [-0.05, 0) is 36.6 Å². The van der Waals surface area contributed by atoms with Gasteiger partial charge in [-0.25, -0.2) is 4.79 Å². The molecule has 1 amide bonds. The lowest BCUT2D eigenvalue weighted by Gasteiger charge is -2.30. The van der Waals surface area contributed by atoms with Crippen molar-refractivity contribution in [3.63, 3.8) is 0 Å². The van der Waals surface area contributed by atoms with Crippen LogP contribution in [0.5, 0.6) is 5.75 Å². The fourth-order valence-corrected chi connectivity index (χ4v) is 2.47. The first-order valence-electron chi connectivity index (χ1n) is 6.12. The minimum atomic E-state index is -1.24. The fourth-order valence-electron chi connectivity index (χ4n) is 2.14. The van der Waals surface area contributed by atoms with Crippen LogP contribution in [0.4, 0.5) is 5.69 Å². The second kappa shape index (κ2) is 7.05. The Hall–Kier alpha value is -0.680. The van der Waals surface area contributed by atoms with Gasteiger partial charge in [0.1, 0.15) is 5.75 Å². The van der Waals surface area contributed by atoms with Crippen molar-refractivity contribution in [2.45, 2.75) is 22.5 Å². The number of halogens is 4. The third kappa shape index (κ3) is 3.95. The normalized spacial score (nSPS) is 14.3. The van der Waals surface area contributed by atoms with Gasteiger partial charge >= 0.3 is 5.97 Å². The van der Waals surface area contributed by atoms with Crippen LogP contribution in [0, 0.1) is 0 Å². The van der Waals surface area contributed by atoms with Gasteiger partial charge in [-0.15, -0.1) is 0 Å². The standard InChI is InChI=1S/C13H11Cl4NO3/c14-10(15)12(19)18-5-1-2-7-6-8(3-4-9(7)18)21-13(20)11(16)17/h3-4,6,10-11H,1-2,5H2. The summed E-state index contributed by atoms with van der Waals surface area (Å²) in [7, 11) is 0. The SMILES string of the molecule is O=C(Oc1ccc2c(c1)CCCN2C(=O)C(Cl)Cl)C(Cl)Cl. The van der Waals surface area contributed by atoms with Crippen LogP contribution in [0.3, 0.4) is 0 Å². The van der Waals surface area contributed by atoms with E-state index in [1.54, 1.807) is 18.2 Å². The van der Waals surface area contributed by atoms with Crippen LogP contribution < -0.4 is 9.64 Å². The second-order valence-electron chi connectivity index (χ2n) is 4.41.